The van der Waals surface area contributed by atoms with Gasteiger partial charge in [-0.1, -0.05) is 25.7 Å². The molecule has 2 N–H and O–H groups in total. The van der Waals surface area contributed by atoms with Gasteiger partial charge in [-0.2, -0.15) is 0 Å². The number of hydrogen-bond donors (Lipinski definition) is 2. The molecule has 1 aromatic carbocycles. The van der Waals surface area contributed by atoms with Crippen molar-refractivity contribution in [1.29, 1.82) is 0 Å². The van der Waals surface area contributed by atoms with Crippen LogP contribution in [-0.2, 0) is 10.0 Å². The van der Waals surface area contributed by atoms with Crippen LogP contribution in [0.1, 0.15) is 25.8 Å². The number of nitrogens with one attached hydrogen (secondary N) is 1. The summed E-state index contributed by atoms with van der Waals surface area (Å²) < 4.78 is 40.6. The molecule has 1 aliphatic rings. The van der Waals surface area contributed by atoms with Gasteiger partial charge in [-0.25, -0.2) is 17.5 Å². The first-order valence-electron chi connectivity index (χ1n) is 6.18. The summed E-state index contributed by atoms with van der Waals surface area (Å²) in [7, 11) is -3.86. The molecule has 2 rings (SSSR count). The van der Waals surface area contributed by atoms with Crippen LogP contribution >= 0.6 is 0 Å². The molecular weight excluding hydrogens is 281 g/mol. The number of aliphatic hydroxyl groups is 1. The van der Waals surface area contributed by atoms with Gasteiger partial charge in [-0.15, -0.1) is 0 Å². The summed E-state index contributed by atoms with van der Waals surface area (Å²) in [5, 5.41) is 8.56. The van der Waals surface area contributed by atoms with Gasteiger partial charge in [-0.3, -0.25) is 0 Å². The Labute approximate surface area is 118 Å². The third-order valence-electron chi connectivity index (χ3n) is 3.34. The Morgan fingerprint density at radius 1 is 1.50 bits per heavy atom. The predicted molar refractivity (Wildman–Crippen MR) is 72.9 cm³/mol. The first kappa shape index (κ1) is 15.0. The molecule has 20 heavy (non-hydrogen) atoms. The molecule has 0 heterocycles. The zero-order chi connectivity index (χ0) is 15.0. The topological polar surface area (TPSA) is 66.4 Å². The van der Waals surface area contributed by atoms with E-state index < -0.39 is 15.8 Å². The fourth-order valence-corrected chi connectivity index (χ4v) is 3.32. The van der Waals surface area contributed by atoms with Crippen molar-refractivity contribution in [2.45, 2.75) is 31.2 Å². The van der Waals surface area contributed by atoms with Gasteiger partial charge in [-0.05, 0) is 30.0 Å². The maximum Gasteiger partial charge on any atom is 0.243 e. The lowest BCUT2D eigenvalue weighted by atomic mass is 10.2. The molecule has 1 fully saturated rings. The van der Waals surface area contributed by atoms with Gasteiger partial charge in [0, 0.05) is 11.6 Å². The molecule has 0 aliphatic heterocycles. The highest BCUT2D eigenvalue weighted by molar-refractivity contribution is 7.89. The van der Waals surface area contributed by atoms with Crippen LogP contribution in [-0.4, -0.2) is 26.2 Å². The van der Waals surface area contributed by atoms with E-state index in [0.29, 0.717) is 5.56 Å². The molecule has 1 saturated carbocycles. The number of benzene rings is 1. The molecule has 1 aliphatic carbocycles. The molecule has 0 radical (unpaired) electrons. The lowest BCUT2D eigenvalue weighted by molar-refractivity contribution is 0.350. The number of sulfonamides is 1. The maximum atomic E-state index is 13.9. The van der Waals surface area contributed by atoms with E-state index in [0.717, 1.165) is 12.5 Å². The van der Waals surface area contributed by atoms with E-state index >= 15 is 0 Å². The van der Waals surface area contributed by atoms with Crippen molar-refractivity contribution in [1.82, 2.24) is 4.72 Å². The Balaban J connectivity index is 2.24. The predicted octanol–water partition coefficient (Wildman–Crippen LogP) is 1.25. The molecule has 0 spiro atoms. The number of halogens is 1. The average Bonchev–Trinajstić information content (AvgIpc) is 2.92. The second-order valence-corrected chi connectivity index (χ2v) is 7.15. The fraction of sp³-hybridized carbons (Fsp3) is 0.429. The lowest BCUT2D eigenvalue weighted by Gasteiger charge is -2.09. The maximum absolute atomic E-state index is 13.9. The van der Waals surface area contributed by atoms with Crippen molar-refractivity contribution in [3.05, 3.63) is 29.6 Å². The van der Waals surface area contributed by atoms with Crippen LogP contribution in [0, 0.1) is 23.1 Å². The minimum atomic E-state index is -3.86. The quantitative estimate of drug-likeness (QED) is 0.825. The standard InChI is InChI=1S/C14H16FNO3S/c1-14(2)9-13(14)16-20(18,19)12-6-5-10(4-3-7-17)8-11(12)15/h5-6,8,13,16-17H,7,9H2,1-2H3. The highest BCUT2D eigenvalue weighted by Crippen LogP contribution is 2.45. The van der Waals surface area contributed by atoms with Crippen molar-refractivity contribution in [3.63, 3.8) is 0 Å². The molecule has 6 heteroatoms. The van der Waals surface area contributed by atoms with Crippen LogP contribution < -0.4 is 4.72 Å². The van der Waals surface area contributed by atoms with E-state index in [4.69, 9.17) is 5.11 Å². The Bertz CT molecular complexity index is 686. The summed E-state index contributed by atoms with van der Waals surface area (Å²) in [6.45, 7) is 3.56. The molecule has 0 saturated heterocycles. The second-order valence-electron chi connectivity index (χ2n) is 5.47. The van der Waals surface area contributed by atoms with Crippen molar-refractivity contribution < 1.29 is 17.9 Å². The summed E-state index contributed by atoms with van der Waals surface area (Å²) in [5.41, 5.74) is 0.248. The average molecular weight is 297 g/mol. The lowest BCUT2D eigenvalue weighted by Crippen LogP contribution is -2.29. The SMILES string of the molecule is CC1(C)CC1NS(=O)(=O)c1ccc(C#CCO)cc1F. The van der Waals surface area contributed by atoms with Gasteiger partial charge >= 0.3 is 0 Å². The van der Waals surface area contributed by atoms with Crippen molar-refractivity contribution in [3.8, 4) is 11.8 Å². The highest BCUT2D eigenvalue weighted by Gasteiger charge is 2.48. The Morgan fingerprint density at radius 2 is 2.15 bits per heavy atom. The van der Waals surface area contributed by atoms with Crippen molar-refractivity contribution >= 4 is 10.0 Å². The van der Waals surface area contributed by atoms with E-state index in [1.807, 2.05) is 13.8 Å². The minimum Gasteiger partial charge on any atom is -0.384 e. The molecule has 4 nitrogen and oxygen atoms in total. The van der Waals surface area contributed by atoms with Crippen molar-refractivity contribution in [2.24, 2.45) is 5.41 Å². The number of aliphatic hydroxyl groups excluding tert-OH is 1. The zero-order valence-electron chi connectivity index (χ0n) is 11.3. The summed E-state index contributed by atoms with van der Waals surface area (Å²) >= 11 is 0. The van der Waals surface area contributed by atoms with Gasteiger partial charge in [0.05, 0.1) is 0 Å². The van der Waals surface area contributed by atoms with Gasteiger partial charge in [0.1, 0.15) is 17.3 Å². The van der Waals surface area contributed by atoms with Gasteiger partial charge in [0.15, 0.2) is 0 Å². The summed E-state index contributed by atoms with van der Waals surface area (Å²) in [6.07, 6.45) is 0.744. The van der Waals surface area contributed by atoms with Crippen molar-refractivity contribution in [2.75, 3.05) is 6.61 Å². The molecule has 0 aromatic heterocycles. The molecule has 1 aromatic rings. The Kier molecular flexibility index (Phi) is 3.87. The largest absolute Gasteiger partial charge is 0.384 e. The van der Waals surface area contributed by atoms with E-state index in [-0.39, 0.29) is 23.0 Å². The summed E-state index contributed by atoms with van der Waals surface area (Å²) in [4.78, 5) is -0.380. The molecule has 1 atom stereocenters. The van der Waals surface area contributed by atoms with Crippen LogP contribution in [0.15, 0.2) is 23.1 Å². The van der Waals surface area contributed by atoms with E-state index in [1.54, 1.807) is 0 Å². The van der Waals surface area contributed by atoms with Crippen LogP contribution in [0.4, 0.5) is 4.39 Å². The third-order valence-corrected chi connectivity index (χ3v) is 4.85. The Morgan fingerprint density at radius 3 is 2.65 bits per heavy atom. The normalized spacial score (nSPS) is 20.1. The third kappa shape index (κ3) is 3.18. The van der Waals surface area contributed by atoms with E-state index in [2.05, 4.69) is 16.6 Å². The van der Waals surface area contributed by atoms with Crippen LogP contribution in [0.25, 0.3) is 0 Å². The first-order valence-corrected chi connectivity index (χ1v) is 7.66. The minimum absolute atomic E-state index is 0.0733. The zero-order valence-corrected chi connectivity index (χ0v) is 12.1. The molecular formula is C14H16FNO3S. The molecule has 0 bridgehead atoms. The van der Waals surface area contributed by atoms with Gasteiger partial charge < -0.3 is 5.11 Å². The molecule has 108 valence electrons. The van der Waals surface area contributed by atoms with Crippen LogP contribution in [0.5, 0.6) is 0 Å². The smallest absolute Gasteiger partial charge is 0.243 e. The highest BCUT2D eigenvalue weighted by atomic mass is 32.2. The van der Waals surface area contributed by atoms with Crippen LogP contribution in [0.3, 0.4) is 0 Å². The van der Waals surface area contributed by atoms with Gasteiger partial charge in [0.2, 0.25) is 10.0 Å². The van der Waals surface area contributed by atoms with E-state index in [9.17, 15) is 12.8 Å². The van der Waals surface area contributed by atoms with Gasteiger partial charge in [0.25, 0.3) is 0 Å². The summed E-state index contributed by atoms with van der Waals surface area (Å²) in [5.74, 6) is 4.05. The second kappa shape index (κ2) is 5.17. The van der Waals surface area contributed by atoms with Crippen LogP contribution in [0.2, 0.25) is 0 Å². The summed E-state index contributed by atoms with van der Waals surface area (Å²) in [6, 6.07) is 3.50. The number of hydrogen-bond acceptors (Lipinski definition) is 3. The molecule has 0 amide bonds. The first-order chi connectivity index (χ1) is 9.26. The fourth-order valence-electron chi connectivity index (χ4n) is 1.86. The monoisotopic (exact) mass is 297 g/mol. The Hall–Kier alpha value is -1.42. The van der Waals surface area contributed by atoms with E-state index in [1.165, 1.54) is 12.1 Å². The number of rotatable bonds is 3. The molecule has 1 unspecified atom stereocenters.